The molecule has 0 bridgehead atoms. The number of anilines is 1. The minimum Gasteiger partial charge on any atom is -0.325 e. The maximum Gasteiger partial charge on any atom is 0.355 e. The molecule has 0 fully saturated rings. The van der Waals surface area contributed by atoms with Crippen LogP contribution in [-0.2, 0) is 4.79 Å². The Labute approximate surface area is 157 Å². The average molecular weight is 395 g/mol. The summed E-state index contributed by atoms with van der Waals surface area (Å²) in [6, 6.07) is 8.40. The second-order valence-electron chi connectivity index (χ2n) is 5.19. The summed E-state index contributed by atoms with van der Waals surface area (Å²) in [7, 11) is 0. The Morgan fingerprint density at radius 2 is 2.00 bits per heavy atom. The largest absolute Gasteiger partial charge is 0.355 e. The Morgan fingerprint density at radius 1 is 1.20 bits per heavy atom. The lowest BCUT2D eigenvalue weighted by atomic mass is 10.3. The van der Waals surface area contributed by atoms with E-state index in [0.717, 1.165) is 17.3 Å². The normalized spacial score (nSPS) is 10.8. The van der Waals surface area contributed by atoms with E-state index in [4.69, 9.17) is 23.2 Å². The van der Waals surface area contributed by atoms with Crippen molar-refractivity contribution in [2.45, 2.75) is 12.1 Å². The van der Waals surface area contributed by atoms with E-state index in [0.29, 0.717) is 21.4 Å². The van der Waals surface area contributed by atoms with E-state index in [2.05, 4.69) is 15.3 Å². The highest BCUT2D eigenvalue weighted by Gasteiger charge is 2.09. The number of hydrogen-bond acceptors (Lipinski definition) is 5. The number of hydrogen-bond donors (Lipinski definition) is 1. The van der Waals surface area contributed by atoms with Gasteiger partial charge >= 0.3 is 5.69 Å². The Bertz CT molecular complexity index is 1020. The number of fused-ring (bicyclic) bond motifs is 1. The highest BCUT2D eigenvalue weighted by molar-refractivity contribution is 7.99. The number of thioether (sulfide) groups is 1. The Kier molecular flexibility index (Phi) is 5.27. The van der Waals surface area contributed by atoms with Gasteiger partial charge in [0.25, 0.3) is 0 Å². The first-order chi connectivity index (χ1) is 11.9. The molecule has 0 aliphatic carbocycles. The third-order valence-corrected chi connectivity index (χ3v) is 4.80. The quantitative estimate of drug-likeness (QED) is 0.685. The minimum atomic E-state index is -0.430. The van der Waals surface area contributed by atoms with Crippen LogP contribution in [0, 0.1) is 6.92 Å². The predicted octanol–water partition coefficient (Wildman–Crippen LogP) is 3.44. The SMILES string of the molecule is Cc1ccc2nc(SCC(=O)Nc3ccc(Cl)c(Cl)c3)nc(=O)n2c1. The van der Waals surface area contributed by atoms with Crippen molar-refractivity contribution in [1.82, 2.24) is 14.4 Å². The topological polar surface area (TPSA) is 76.4 Å². The van der Waals surface area contributed by atoms with Crippen molar-refractivity contribution >= 4 is 52.2 Å². The standard InChI is InChI=1S/C16H12Cl2N4O2S/c1-9-2-5-13-20-15(21-16(24)22(13)7-9)25-8-14(23)19-10-3-4-11(17)12(18)6-10/h2-7H,8H2,1H3,(H,19,23). The smallest absolute Gasteiger partial charge is 0.325 e. The van der Waals surface area contributed by atoms with Crippen molar-refractivity contribution in [3.05, 3.63) is 62.6 Å². The van der Waals surface area contributed by atoms with Crippen molar-refractivity contribution in [3.8, 4) is 0 Å². The Morgan fingerprint density at radius 3 is 2.76 bits per heavy atom. The molecule has 2 aromatic heterocycles. The number of pyridine rings is 1. The summed E-state index contributed by atoms with van der Waals surface area (Å²) < 4.78 is 1.37. The van der Waals surface area contributed by atoms with Crippen LogP contribution in [0.5, 0.6) is 0 Å². The fraction of sp³-hybridized carbons (Fsp3) is 0.125. The molecule has 0 unspecified atom stereocenters. The number of nitrogens with one attached hydrogen (secondary N) is 1. The molecule has 3 rings (SSSR count). The van der Waals surface area contributed by atoms with Crippen molar-refractivity contribution < 1.29 is 4.79 Å². The van der Waals surface area contributed by atoms with E-state index in [1.54, 1.807) is 30.5 Å². The third-order valence-electron chi connectivity index (χ3n) is 3.22. The summed E-state index contributed by atoms with van der Waals surface area (Å²) in [5.74, 6) is -0.210. The van der Waals surface area contributed by atoms with Gasteiger partial charge in [0.2, 0.25) is 5.91 Å². The van der Waals surface area contributed by atoms with E-state index in [9.17, 15) is 9.59 Å². The summed E-state index contributed by atoms with van der Waals surface area (Å²) >= 11 is 12.8. The van der Waals surface area contributed by atoms with Gasteiger partial charge in [0, 0.05) is 11.9 Å². The average Bonchev–Trinajstić information content (AvgIpc) is 2.57. The highest BCUT2D eigenvalue weighted by atomic mass is 35.5. The van der Waals surface area contributed by atoms with Gasteiger partial charge in [0.15, 0.2) is 5.16 Å². The first-order valence-corrected chi connectivity index (χ1v) is 8.91. The van der Waals surface area contributed by atoms with Crippen LogP contribution >= 0.6 is 35.0 Å². The number of carbonyl (C=O) groups is 1. The summed E-state index contributed by atoms with van der Waals surface area (Å²) in [5.41, 5.74) is 1.52. The van der Waals surface area contributed by atoms with Crippen LogP contribution in [0.4, 0.5) is 5.69 Å². The number of nitrogens with zero attached hydrogens (tertiary/aromatic N) is 3. The molecule has 2 heterocycles. The summed E-state index contributed by atoms with van der Waals surface area (Å²) in [6.45, 7) is 1.88. The van der Waals surface area contributed by atoms with Crippen LogP contribution in [0.15, 0.2) is 46.5 Å². The molecule has 0 saturated heterocycles. The number of carbonyl (C=O) groups excluding carboxylic acids is 1. The van der Waals surface area contributed by atoms with Gasteiger partial charge < -0.3 is 5.32 Å². The van der Waals surface area contributed by atoms with Crippen molar-refractivity contribution in [3.63, 3.8) is 0 Å². The predicted molar refractivity (Wildman–Crippen MR) is 99.8 cm³/mol. The molecular weight excluding hydrogens is 383 g/mol. The number of aryl methyl sites for hydroxylation is 1. The molecular formula is C16H12Cl2N4O2S. The minimum absolute atomic E-state index is 0.0573. The van der Waals surface area contributed by atoms with Gasteiger partial charge in [-0.2, -0.15) is 4.98 Å². The number of amides is 1. The van der Waals surface area contributed by atoms with E-state index >= 15 is 0 Å². The van der Waals surface area contributed by atoms with Crippen LogP contribution < -0.4 is 11.0 Å². The molecule has 0 aliphatic rings. The Hall–Kier alpha value is -2.09. The molecule has 0 saturated carbocycles. The molecule has 9 heteroatoms. The number of benzene rings is 1. The fourth-order valence-electron chi connectivity index (χ4n) is 2.07. The lowest BCUT2D eigenvalue weighted by molar-refractivity contribution is -0.113. The molecule has 0 spiro atoms. The van der Waals surface area contributed by atoms with Crippen molar-refractivity contribution in [2.24, 2.45) is 0 Å². The van der Waals surface area contributed by atoms with Gasteiger partial charge in [-0.25, -0.2) is 9.78 Å². The van der Waals surface area contributed by atoms with Crippen LogP contribution in [0.1, 0.15) is 5.56 Å². The number of aromatic nitrogens is 3. The van der Waals surface area contributed by atoms with Gasteiger partial charge in [-0.05, 0) is 36.8 Å². The Balaban J connectivity index is 1.69. The molecule has 0 atom stereocenters. The fourth-order valence-corrected chi connectivity index (χ4v) is 3.00. The molecule has 0 aliphatic heterocycles. The number of rotatable bonds is 4. The molecule has 1 N–H and O–H groups in total. The van der Waals surface area contributed by atoms with Gasteiger partial charge in [-0.15, -0.1) is 0 Å². The van der Waals surface area contributed by atoms with E-state index in [-0.39, 0.29) is 16.8 Å². The molecule has 3 aromatic rings. The first-order valence-electron chi connectivity index (χ1n) is 7.17. The first kappa shape index (κ1) is 17.7. The zero-order valence-electron chi connectivity index (χ0n) is 13.0. The summed E-state index contributed by atoms with van der Waals surface area (Å²) in [5, 5.41) is 3.71. The molecule has 128 valence electrons. The van der Waals surface area contributed by atoms with E-state index < -0.39 is 5.69 Å². The van der Waals surface area contributed by atoms with Gasteiger partial charge in [0.1, 0.15) is 5.65 Å². The van der Waals surface area contributed by atoms with Crippen LogP contribution in [0.2, 0.25) is 10.0 Å². The van der Waals surface area contributed by atoms with Crippen LogP contribution in [0.25, 0.3) is 5.65 Å². The second kappa shape index (κ2) is 7.43. The van der Waals surface area contributed by atoms with Gasteiger partial charge in [-0.3, -0.25) is 9.20 Å². The lowest BCUT2D eigenvalue weighted by Crippen LogP contribution is -2.20. The monoisotopic (exact) mass is 394 g/mol. The van der Waals surface area contributed by atoms with Crippen molar-refractivity contribution in [2.75, 3.05) is 11.1 Å². The molecule has 1 aromatic carbocycles. The van der Waals surface area contributed by atoms with Crippen LogP contribution in [-0.4, -0.2) is 26.0 Å². The maximum absolute atomic E-state index is 12.0. The maximum atomic E-state index is 12.0. The summed E-state index contributed by atoms with van der Waals surface area (Å²) in [4.78, 5) is 32.2. The van der Waals surface area contributed by atoms with Gasteiger partial charge in [0.05, 0.1) is 15.8 Å². The summed E-state index contributed by atoms with van der Waals surface area (Å²) in [6.07, 6.45) is 1.67. The molecule has 25 heavy (non-hydrogen) atoms. The second-order valence-corrected chi connectivity index (χ2v) is 6.95. The number of halogens is 2. The molecule has 0 radical (unpaired) electrons. The highest BCUT2D eigenvalue weighted by Crippen LogP contribution is 2.25. The van der Waals surface area contributed by atoms with Gasteiger partial charge in [-0.1, -0.05) is 41.0 Å². The zero-order chi connectivity index (χ0) is 18.0. The lowest BCUT2D eigenvalue weighted by Gasteiger charge is -2.06. The molecule has 6 nitrogen and oxygen atoms in total. The van der Waals surface area contributed by atoms with E-state index in [1.165, 1.54) is 4.40 Å². The van der Waals surface area contributed by atoms with Crippen molar-refractivity contribution in [1.29, 1.82) is 0 Å². The zero-order valence-corrected chi connectivity index (χ0v) is 15.3. The molecule has 1 amide bonds. The van der Waals surface area contributed by atoms with Crippen LogP contribution in [0.3, 0.4) is 0 Å². The third kappa shape index (κ3) is 4.31. The van der Waals surface area contributed by atoms with E-state index in [1.807, 2.05) is 13.0 Å².